The molecule has 9 nitrogen and oxygen atoms in total. The molecule has 3 atom stereocenters. The number of nitrogens with one attached hydrogen (secondary N) is 1. The van der Waals surface area contributed by atoms with Gasteiger partial charge in [-0.1, -0.05) is 12.2 Å². The molecule has 1 aliphatic heterocycles. The zero-order chi connectivity index (χ0) is 18.4. The van der Waals surface area contributed by atoms with E-state index in [-0.39, 0.29) is 25.2 Å². The minimum Gasteiger partial charge on any atom is -0.463 e. The third-order valence-corrected chi connectivity index (χ3v) is 3.60. The van der Waals surface area contributed by atoms with Crippen molar-refractivity contribution in [3.8, 4) is 0 Å². The van der Waals surface area contributed by atoms with E-state index in [2.05, 4.69) is 4.98 Å². The van der Waals surface area contributed by atoms with Crippen LogP contribution < -0.4 is 11.2 Å². The number of hydrogen-bond donors (Lipinski definition) is 3. The van der Waals surface area contributed by atoms with Gasteiger partial charge in [-0.05, 0) is 13.0 Å². The lowest BCUT2D eigenvalue weighted by Gasteiger charge is -2.14. The number of hydrogen-bond acceptors (Lipinski definition) is 7. The van der Waals surface area contributed by atoms with E-state index < -0.39 is 35.7 Å². The molecule has 0 aliphatic carbocycles. The van der Waals surface area contributed by atoms with Crippen LogP contribution in [-0.4, -0.2) is 51.2 Å². The summed E-state index contributed by atoms with van der Waals surface area (Å²) in [4.78, 5) is 37.1. The number of aromatic nitrogens is 2. The Morgan fingerprint density at radius 2 is 2.24 bits per heavy atom. The Balaban J connectivity index is 2.19. The summed E-state index contributed by atoms with van der Waals surface area (Å²) >= 11 is 0. The van der Waals surface area contributed by atoms with Crippen molar-refractivity contribution in [2.24, 2.45) is 0 Å². The smallest absolute Gasteiger partial charge is 0.330 e. The van der Waals surface area contributed by atoms with Crippen molar-refractivity contribution < 1.29 is 24.5 Å². The lowest BCUT2D eigenvalue weighted by atomic mass is 10.2. The van der Waals surface area contributed by atoms with E-state index >= 15 is 0 Å². The van der Waals surface area contributed by atoms with Crippen LogP contribution in [0.2, 0.25) is 0 Å². The molecule has 0 saturated carbocycles. The second-order valence-corrected chi connectivity index (χ2v) is 5.34. The number of ether oxygens (including phenoxy) is 2. The Hall–Kier alpha value is -2.49. The minimum absolute atomic E-state index is 0.114. The molecular formula is C16H20N2O7. The Labute approximate surface area is 142 Å². The van der Waals surface area contributed by atoms with Crippen molar-refractivity contribution in [1.82, 2.24) is 9.55 Å². The largest absolute Gasteiger partial charge is 0.463 e. The Morgan fingerprint density at radius 3 is 2.88 bits per heavy atom. The fraction of sp³-hybridized carbons (Fsp3) is 0.438. The average molecular weight is 352 g/mol. The van der Waals surface area contributed by atoms with Crippen molar-refractivity contribution in [2.75, 3.05) is 13.2 Å². The number of rotatable bonds is 6. The van der Waals surface area contributed by atoms with E-state index in [1.54, 1.807) is 6.92 Å². The summed E-state index contributed by atoms with van der Waals surface area (Å²) in [5, 5.41) is 18.9. The number of esters is 1. The van der Waals surface area contributed by atoms with E-state index in [1.165, 1.54) is 30.5 Å². The fourth-order valence-corrected chi connectivity index (χ4v) is 2.37. The molecule has 3 N–H and O–H groups in total. The first-order valence-electron chi connectivity index (χ1n) is 7.77. The SMILES string of the molecule is CCOC(=O)C=CC=Cc1cn([C@H]2C[C@H](O)[C@@H](CO)O2)c(=O)[nH]c1=O. The van der Waals surface area contributed by atoms with Crippen LogP contribution in [0.3, 0.4) is 0 Å². The number of aliphatic hydroxyl groups is 2. The number of H-pyrrole nitrogens is 1. The summed E-state index contributed by atoms with van der Waals surface area (Å²) in [5.74, 6) is -0.505. The van der Waals surface area contributed by atoms with Gasteiger partial charge >= 0.3 is 11.7 Å². The van der Waals surface area contributed by atoms with Crippen molar-refractivity contribution >= 4 is 12.0 Å². The van der Waals surface area contributed by atoms with Crippen LogP contribution in [0.25, 0.3) is 6.08 Å². The summed E-state index contributed by atoms with van der Waals surface area (Å²) < 4.78 is 11.3. The molecule has 9 heteroatoms. The first-order chi connectivity index (χ1) is 12.0. The zero-order valence-corrected chi connectivity index (χ0v) is 13.6. The van der Waals surface area contributed by atoms with E-state index in [0.29, 0.717) is 0 Å². The predicted molar refractivity (Wildman–Crippen MR) is 87.7 cm³/mol. The van der Waals surface area contributed by atoms with Crippen molar-refractivity contribution in [3.05, 3.63) is 50.8 Å². The molecule has 0 spiro atoms. The lowest BCUT2D eigenvalue weighted by molar-refractivity contribution is -0.137. The van der Waals surface area contributed by atoms with Gasteiger partial charge in [0.15, 0.2) is 0 Å². The predicted octanol–water partition coefficient (Wildman–Crippen LogP) is -0.690. The maximum Gasteiger partial charge on any atom is 0.330 e. The van der Waals surface area contributed by atoms with E-state index in [1.807, 2.05) is 0 Å². The molecule has 1 fully saturated rings. The normalized spacial score (nSPS) is 23.6. The summed E-state index contributed by atoms with van der Waals surface area (Å²) in [6.07, 6.45) is 4.42. The van der Waals surface area contributed by atoms with Crippen molar-refractivity contribution in [3.63, 3.8) is 0 Å². The second-order valence-electron chi connectivity index (χ2n) is 5.34. The molecular weight excluding hydrogens is 332 g/mol. The topological polar surface area (TPSA) is 131 Å². The van der Waals surface area contributed by atoms with Gasteiger partial charge in [0.05, 0.1) is 24.9 Å². The number of nitrogens with zero attached hydrogens (tertiary/aromatic N) is 1. The molecule has 0 unspecified atom stereocenters. The molecule has 136 valence electrons. The molecule has 1 aromatic heterocycles. The van der Waals surface area contributed by atoms with Gasteiger partial charge in [-0.25, -0.2) is 9.59 Å². The van der Waals surface area contributed by atoms with Crippen LogP contribution in [0.5, 0.6) is 0 Å². The van der Waals surface area contributed by atoms with Gasteiger partial charge in [0.25, 0.3) is 5.56 Å². The highest BCUT2D eigenvalue weighted by Crippen LogP contribution is 2.27. The van der Waals surface area contributed by atoms with Crippen LogP contribution >= 0.6 is 0 Å². The highest BCUT2D eigenvalue weighted by Gasteiger charge is 2.35. The molecule has 25 heavy (non-hydrogen) atoms. The molecule has 2 heterocycles. The number of carbonyl (C=O) groups excluding carboxylic acids is 1. The van der Waals surface area contributed by atoms with Gasteiger partial charge in [-0.15, -0.1) is 0 Å². The molecule has 1 aliphatic rings. The molecule has 0 radical (unpaired) electrons. The van der Waals surface area contributed by atoms with E-state index in [9.17, 15) is 19.5 Å². The molecule has 0 aromatic carbocycles. The Bertz CT molecular complexity index is 777. The molecule has 2 rings (SSSR count). The van der Waals surface area contributed by atoms with Gasteiger partial charge in [-0.3, -0.25) is 14.3 Å². The highest BCUT2D eigenvalue weighted by atomic mass is 16.5. The van der Waals surface area contributed by atoms with Crippen LogP contribution in [0.4, 0.5) is 0 Å². The van der Waals surface area contributed by atoms with Crippen LogP contribution in [0.1, 0.15) is 25.1 Å². The van der Waals surface area contributed by atoms with Gasteiger partial charge in [0.1, 0.15) is 12.3 Å². The maximum absolute atomic E-state index is 12.0. The molecule has 0 amide bonds. The summed E-state index contributed by atoms with van der Waals surface area (Å²) in [6, 6.07) is 0. The monoisotopic (exact) mass is 352 g/mol. The fourth-order valence-electron chi connectivity index (χ4n) is 2.37. The molecule has 1 saturated heterocycles. The van der Waals surface area contributed by atoms with Gasteiger partial charge in [0, 0.05) is 18.7 Å². The van der Waals surface area contributed by atoms with Gasteiger partial charge < -0.3 is 19.7 Å². The zero-order valence-electron chi connectivity index (χ0n) is 13.6. The molecule has 1 aromatic rings. The van der Waals surface area contributed by atoms with Crippen molar-refractivity contribution in [1.29, 1.82) is 0 Å². The van der Waals surface area contributed by atoms with Crippen LogP contribution in [-0.2, 0) is 14.3 Å². The first-order valence-corrected chi connectivity index (χ1v) is 7.77. The summed E-state index contributed by atoms with van der Waals surface area (Å²) in [6.45, 7) is 1.58. The van der Waals surface area contributed by atoms with Gasteiger partial charge in [-0.2, -0.15) is 0 Å². The Morgan fingerprint density at radius 1 is 1.48 bits per heavy atom. The van der Waals surface area contributed by atoms with E-state index in [4.69, 9.17) is 14.6 Å². The van der Waals surface area contributed by atoms with Gasteiger partial charge in [0.2, 0.25) is 0 Å². The third kappa shape index (κ3) is 4.75. The number of allylic oxidation sites excluding steroid dienone is 2. The number of aliphatic hydroxyl groups excluding tert-OH is 2. The third-order valence-electron chi connectivity index (χ3n) is 3.60. The van der Waals surface area contributed by atoms with Crippen LogP contribution in [0, 0.1) is 0 Å². The Kier molecular flexibility index (Phi) is 6.45. The first kappa shape index (κ1) is 18.8. The average Bonchev–Trinajstić information content (AvgIpc) is 2.94. The second kappa shape index (κ2) is 8.56. The summed E-state index contributed by atoms with van der Waals surface area (Å²) in [5.41, 5.74) is -1.11. The van der Waals surface area contributed by atoms with E-state index in [0.717, 1.165) is 4.57 Å². The number of aromatic amines is 1. The standard InChI is InChI=1S/C16H20N2O7/c1-2-24-14(21)6-4-3-5-10-8-18(16(23)17-15(10)22)13-7-11(20)12(9-19)25-13/h3-6,8,11-13,19-20H,2,7,9H2,1H3,(H,17,22,23)/t11-,12+,13+/m0/s1. The quantitative estimate of drug-likeness (QED) is 0.351. The van der Waals surface area contributed by atoms with Crippen LogP contribution in [0.15, 0.2) is 34.0 Å². The van der Waals surface area contributed by atoms with Crippen molar-refractivity contribution in [2.45, 2.75) is 31.8 Å². The minimum atomic E-state index is -0.902. The molecule has 0 bridgehead atoms. The summed E-state index contributed by atoms with van der Waals surface area (Å²) in [7, 11) is 0. The maximum atomic E-state index is 12.0. The lowest BCUT2D eigenvalue weighted by Crippen LogP contribution is -2.33. The highest BCUT2D eigenvalue weighted by molar-refractivity contribution is 5.82. The number of carbonyl (C=O) groups is 1.